The molecule has 1 aliphatic heterocycles. The van der Waals surface area contributed by atoms with Crippen molar-refractivity contribution in [3.8, 4) is 0 Å². The number of rotatable bonds is 4. The first kappa shape index (κ1) is 19.6. The molecule has 148 valence electrons. The summed E-state index contributed by atoms with van der Waals surface area (Å²) in [5, 5.41) is 17.1. The Labute approximate surface area is 160 Å². The van der Waals surface area contributed by atoms with Crippen molar-refractivity contribution >= 4 is 23.5 Å². The minimum atomic E-state index is -1.49. The van der Waals surface area contributed by atoms with Crippen LogP contribution in [0.15, 0.2) is 35.6 Å². The number of halogens is 1. The number of carboxylic acid groups (broad SMARTS) is 1. The third-order valence-electron chi connectivity index (χ3n) is 5.11. The Hall–Kier alpha value is -3.14. The van der Waals surface area contributed by atoms with Gasteiger partial charge >= 0.3 is 5.97 Å². The van der Waals surface area contributed by atoms with Crippen LogP contribution in [-0.4, -0.2) is 45.9 Å². The van der Waals surface area contributed by atoms with Gasteiger partial charge in [-0.3, -0.25) is 9.59 Å². The van der Waals surface area contributed by atoms with Crippen LogP contribution in [0.2, 0.25) is 0 Å². The Kier molecular flexibility index (Phi) is 4.99. The van der Waals surface area contributed by atoms with Crippen molar-refractivity contribution in [1.82, 2.24) is 20.6 Å². The van der Waals surface area contributed by atoms with Gasteiger partial charge in [0.15, 0.2) is 0 Å². The third kappa shape index (κ3) is 3.26. The molecule has 1 aromatic heterocycles. The largest absolute Gasteiger partial charge is 0.475 e. The molecule has 9 nitrogen and oxygen atoms in total. The Balaban J connectivity index is 1.85. The van der Waals surface area contributed by atoms with E-state index in [0.717, 1.165) is 12.4 Å². The van der Waals surface area contributed by atoms with Gasteiger partial charge in [0.05, 0.1) is 24.1 Å². The molecule has 2 heterocycles. The molecule has 28 heavy (non-hydrogen) atoms. The summed E-state index contributed by atoms with van der Waals surface area (Å²) in [5.74, 6) is -3.60. The predicted octanol–water partition coefficient (Wildman–Crippen LogP) is 0.985. The lowest BCUT2D eigenvalue weighted by molar-refractivity contribution is -0.139. The Morgan fingerprint density at radius 3 is 2.57 bits per heavy atom. The summed E-state index contributed by atoms with van der Waals surface area (Å²) in [4.78, 5) is 43.6. The third-order valence-corrected chi connectivity index (χ3v) is 5.11. The summed E-state index contributed by atoms with van der Waals surface area (Å²) in [6.07, 6.45) is 3.67. The van der Waals surface area contributed by atoms with Gasteiger partial charge in [-0.2, -0.15) is 0 Å². The fourth-order valence-electron chi connectivity index (χ4n) is 3.36. The van der Waals surface area contributed by atoms with E-state index in [1.54, 1.807) is 14.0 Å². The molecule has 0 radical (unpaired) electrons. The van der Waals surface area contributed by atoms with Gasteiger partial charge in [0.25, 0.3) is 0 Å². The van der Waals surface area contributed by atoms with Crippen molar-refractivity contribution in [2.75, 3.05) is 12.4 Å². The second kappa shape index (κ2) is 7.12. The number of carbonyl (C=O) groups excluding carboxylic acids is 2. The lowest BCUT2D eigenvalue weighted by Crippen LogP contribution is -2.54. The maximum absolute atomic E-state index is 14.3. The molecule has 0 fully saturated rings. The lowest BCUT2D eigenvalue weighted by Gasteiger charge is -2.39. The molecule has 10 heteroatoms. The standard InChI is InChI=1S/C18H20FN5O4/c1-8-11(19)4-9-5-18(2,17(28)24-13(9)12(8)20-3)16(27)23-10-6-21-14(15(25)26)22-7-10/h4,6-8,12,20H,5H2,1-3H3,(H,23,27)(H,24,28)(H,25,26). The molecule has 0 bridgehead atoms. The number of carbonyl (C=O) groups is 3. The predicted molar refractivity (Wildman–Crippen MR) is 96.7 cm³/mol. The van der Waals surface area contributed by atoms with Gasteiger partial charge in [0.2, 0.25) is 17.6 Å². The first-order valence-electron chi connectivity index (χ1n) is 8.63. The summed E-state index contributed by atoms with van der Waals surface area (Å²) in [7, 11) is 1.68. The molecule has 0 saturated carbocycles. The second-order valence-corrected chi connectivity index (χ2v) is 7.04. The molecule has 3 atom stereocenters. The van der Waals surface area contributed by atoms with E-state index in [2.05, 4.69) is 25.9 Å². The zero-order chi connectivity index (χ0) is 20.6. The number of nitrogens with zero attached hydrogens (tertiary/aromatic N) is 2. The van der Waals surface area contributed by atoms with Gasteiger partial charge < -0.3 is 21.1 Å². The van der Waals surface area contributed by atoms with Crippen LogP contribution in [0.4, 0.5) is 10.1 Å². The van der Waals surface area contributed by atoms with E-state index in [1.807, 2.05) is 0 Å². The number of carboxylic acids is 1. The van der Waals surface area contributed by atoms with Crippen LogP contribution in [0.3, 0.4) is 0 Å². The number of hydrogen-bond donors (Lipinski definition) is 4. The van der Waals surface area contributed by atoms with Crippen LogP contribution in [0.1, 0.15) is 30.9 Å². The molecule has 2 aliphatic rings. The zero-order valence-corrected chi connectivity index (χ0v) is 15.5. The van der Waals surface area contributed by atoms with Crippen molar-refractivity contribution in [3.63, 3.8) is 0 Å². The maximum Gasteiger partial charge on any atom is 0.373 e. The average molecular weight is 389 g/mol. The zero-order valence-electron chi connectivity index (χ0n) is 15.5. The summed E-state index contributed by atoms with van der Waals surface area (Å²) in [6.45, 7) is 3.18. The number of aromatic carboxylic acids is 1. The maximum atomic E-state index is 14.3. The monoisotopic (exact) mass is 389 g/mol. The van der Waals surface area contributed by atoms with Crippen LogP contribution < -0.4 is 16.0 Å². The van der Waals surface area contributed by atoms with Gasteiger partial charge in [-0.1, -0.05) is 6.92 Å². The van der Waals surface area contributed by atoms with Crippen molar-refractivity contribution in [1.29, 1.82) is 0 Å². The highest BCUT2D eigenvalue weighted by atomic mass is 19.1. The minimum Gasteiger partial charge on any atom is -0.475 e. The van der Waals surface area contributed by atoms with Gasteiger partial charge in [-0.05, 0) is 32.0 Å². The first-order chi connectivity index (χ1) is 13.2. The number of allylic oxidation sites excluding steroid dienone is 2. The number of nitrogens with one attached hydrogen (secondary N) is 3. The molecule has 3 rings (SSSR count). The first-order valence-corrected chi connectivity index (χ1v) is 8.63. The van der Waals surface area contributed by atoms with Crippen LogP contribution in [0, 0.1) is 11.3 Å². The molecule has 4 N–H and O–H groups in total. The highest BCUT2D eigenvalue weighted by Crippen LogP contribution is 2.40. The Morgan fingerprint density at radius 1 is 1.36 bits per heavy atom. The van der Waals surface area contributed by atoms with Crippen molar-refractivity contribution in [3.05, 3.63) is 41.4 Å². The van der Waals surface area contributed by atoms with E-state index >= 15 is 0 Å². The molecule has 0 aromatic carbocycles. The molecule has 1 aromatic rings. The van der Waals surface area contributed by atoms with E-state index in [-0.39, 0.29) is 17.9 Å². The number of likely N-dealkylation sites (N-methyl/N-ethyl adjacent to an activating group) is 1. The van der Waals surface area contributed by atoms with Crippen LogP contribution >= 0.6 is 0 Å². The number of anilines is 1. The smallest absolute Gasteiger partial charge is 0.373 e. The van der Waals surface area contributed by atoms with E-state index in [0.29, 0.717) is 11.3 Å². The molecule has 0 spiro atoms. The van der Waals surface area contributed by atoms with Gasteiger partial charge in [-0.25, -0.2) is 19.2 Å². The SMILES string of the molecule is CNC1C2=C(C=C(F)C1C)CC(C)(C(=O)Nc1cnc(C(=O)O)nc1)C(=O)N2. The van der Waals surface area contributed by atoms with Crippen molar-refractivity contribution < 1.29 is 23.9 Å². The molecular weight excluding hydrogens is 369 g/mol. The normalized spacial score (nSPS) is 26.9. The van der Waals surface area contributed by atoms with Crippen LogP contribution in [0.25, 0.3) is 0 Å². The van der Waals surface area contributed by atoms with E-state index in [9.17, 15) is 18.8 Å². The van der Waals surface area contributed by atoms with Gasteiger partial charge in [0.1, 0.15) is 11.2 Å². The van der Waals surface area contributed by atoms with Crippen LogP contribution in [0.5, 0.6) is 0 Å². The summed E-state index contributed by atoms with van der Waals surface area (Å²) < 4.78 is 14.3. The van der Waals surface area contributed by atoms with Crippen molar-refractivity contribution in [2.45, 2.75) is 26.3 Å². The number of amides is 2. The molecule has 1 aliphatic carbocycles. The highest BCUT2D eigenvalue weighted by Gasteiger charge is 2.48. The average Bonchev–Trinajstić information content (AvgIpc) is 2.65. The highest BCUT2D eigenvalue weighted by molar-refractivity contribution is 6.11. The fourth-order valence-corrected chi connectivity index (χ4v) is 3.36. The Bertz CT molecular complexity index is 911. The van der Waals surface area contributed by atoms with E-state index in [1.165, 1.54) is 13.0 Å². The summed E-state index contributed by atoms with van der Waals surface area (Å²) in [6, 6.07) is -0.395. The fraction of sp³-hybridized carbons (Fsp3) is 0.389. The molecule has 0 saturated heterocycles. The minimum absolute atomic E-state index is 0.0202. The number of aromatic nitrogens is 2. The quantitative estimate of drug-likeness (QED) is 0.564. The molecular formula is C18H20FN5O4. The van der Waals surface area contributed by atoms with Crippen molar-refractivity contribution in [2.24, 2.45) is 11.3 Å². The molecule has 2 amide bonds. The Morgan fingerprint density at radius 2 is 2.00 bits per heavy atom. The molecule has 3 unspecified atom stereocenters. The van der Waals surface area contributed by atoms with E-state index in [4.69, 9.17) is 5.11 Å². The number of hydrogen-bond acceptors (Lipinski definition) is 6. The van der Waals surface area contributed by atoms with Gasteiger partial charge in [0, 0.05) is 11.6 Å². The topological polar surface area (TPSA) is 133 Å². The van der Waals surface area contributed by atoms with Gasteiger partial charge in [-0.15, -0.1) is 0 Å². The second-order valence-electron chi connectivity index (χ2n) is 7.04. The summed E-state index contributed by atoms with van der Waals surface area (Å²) >= 11 is 0. The van der Waals surface area contributed by atoms with Crippen LogP contribution in [-0.2, 0) is 9.59 Å². The van der Waals surface area contributed by atoms with E-state index < -0.39 is 41.0 Å². The summed E-state index contributed by atoms with van der Waals surface area (Å²) in [5.41, 5.74) is -0.221. The lowest BCUT2D eigenvalue weighted by atomic mass is 9.74.